The number of benzene rings is 1. The van der Waals surface area contributed by atoms with Crippen molar-refractivity contribution in [2.75, 3.05) is 7.11 Å². The van der Waals surface area contributed by atoms with E-state index in [2.05, 4.69) is 64.8 Å². The van der Waals surface area contributed by atoms with Crippen LogP contribution in [0.1, 0.15) is 11.4 Å². The summed E-state index contributed by atoms with van der Waals surface area (Å²) in [6.07, 6.45) is 0. The van der Waals surface area contributed by atoms with Crippen molar-refractivity contribution in [2.45, 2.75) is 13.8 Å². The molecule has 0 saturated carbocycles. The first-order valence-electron chi connectivity index (χ1n) is 5.88. The van der Waals surface area contributed by atoms with Gasteiger partial charge in [0.05, 0.1) is 12.8 Å². The lowest BCUT2D eigenvalue weighted by Crippen LogP contribution is -2.40. The molecule has 0 saturated heterocycles. The molecule has 20 heavy (non-hydrogen) atoms. The van der Waals surface area contributed by atoms with Gasteiger partial charge in [-0.25, -0.2) is 8.42 Å². The van der Waals surface area contributed by atoms with Crippen LogP contribution in [0.2, 0.25) is 0 Å². The van der Waals surface area contributed by atoms with E-state index in [0.717, 1.165) is 7.11 Å². The van der Waals surface area contributed by atoms with E-state index in [1.807, 2.05) is 6.07 Å². The molecule has 0 aliphatic heterocycles. The molecule has 6 nitrogen and oxygen atoms in total. The summed E-state index contributed by atoms with van der Waals surface area (Å²) in [5.74, 6) is 0. The molecule has 2 aromatic rings. The van der Waals surface area contributed by atoms with Gasteiger partial charge in [0, 0.05) is 13.0 Å². The summed E-state index contributed by atoms with van der Waals surface area (Å²) in [6.45, 7) is 4.24. The van der Waals surface area contributed by atoms with Crippen molar-refractivity contribution in [3.05, 3.63) is 47.8 Å². The van der Waals surface area contributed by atoms with Gasteiger partial charge in [-0.1, -0.05) is 18.2 Å². The lowest BCUT2D eigenvalue weighted by Gasteiger charge is -2.01. The lowest BCUT2D eigenvalue weighted by molar-refractivity contribution is -0.749. The highest BCUT2D eigenvalue weighted by Crippen LogP contribution is 2.08. The fourth-order valence-electron chi connectivity index (χ4n) is 1.80. The largest absolute Gasteiger partial charge is 0.726 e. The Labute approximate surface area is 119 Å². The van der Waals surface area contributed by atoms with Crippen LogP contribution in [0.15, 0.2) is 36.4 Å². The third-order valence-electron chi connectivity index (χ3n) is 2.77. The second-order valence-electron chi connectivity index (χ2n) is 4.17. The molecular weight excluding hydrogens is 280 g/mol. The van der Waals surface area contributed by atoms with Crippen molar-refractivity contribution in [3.63, 3.8) is 0 Å². The van der Waals surface area contributed by atoms with Gasteiger partial charge in [0.15, 0.2) is 7.05 Å². The van der Waals surface area contributed by atoms with E-state index in [9.17, 15) is 13.0 Å². The van der Waals surface area contributed by atoms with E-state index in [4.69, 9.17) is 0 Å². The van der Waals surface area contributed by atoms with Crippen molar-refractivity contribution in [2.24, 2.45) is 7.05 Å². The Morgan fingerprint density at radius 2 is 1.70 bits per heavy atom. The van der Waals surface area contributed by atoms with Gasteiger partial charge in [0.25, 0.3) is 0 Å². The number of para-hydroxylation sites is 1. The molecule has 1 heterocycles. The maximum absolute atomic E-state index is 9.22. The first kappa shape index (κ1) is 16.4. The third-order valence-corrected chi connectivity index (χ3v) is 3.18. The molecule has 0 N–H and O–H groups in total. The van der Waals surface area contributed by atoms with Crippen LogP contribution in [0.3, 0.4) is 0 Å². The van der Waals surface area contributed by atoms with Crippen LogP contribution < -0.4 is 4.68 Å². The highest BCUT2D eigenvalue weighted by Gasteiger charge is 2.13. The first-order chi connectivity index (χ1) is 9.26. The molecule has 1 aromatic carbocycles. The molecule has 110 valence electrons. The van der Waals surface area contributed by atoms with Crippen LogP contribution in [0, 0.1) is 13.8 Å². The third kappa shape index (κ3) is 4.44. The smallest absolute Gasteiger partial charge is 0.217 e. The predicted octanol–water partition coefficient (Wildman–Crippen LogP) is 1.01. The van der Waals surface area contributed by atoms with Gasteiger partial charge in [0.1, 0.15) is 5.69 Å². The zero-order valence-corrected chi connectivity index (χ0v) is 12.7. The zero-order valence-electron chi connectivity index (χ0n) is 11.9. The Kier molecular flexibility index (Phi) is 5.43. The normalized spacial score (nSPS) is 10.8. The van der Waals surface area contributed by atoms with E-state index < -0.39 is 10.4 Å². The maximum atomic E-state index is 9.22. The molecule has 0 aliphatic rings. The number of hydrogen-bond donors (Lipinski definition) is 0. The molecule has 0 amide bonds. The molecule has 7 heteroatoms. The Bertz CT molecular complexity index is 663. The van der Waals surface area contributed by atoms with E-state index in [-0.39, 0.29) is 0 Å². The van der Waals surface area contributed by atoms with Crippen LogP contribution >= 0.6 is 0 Å². The summed E-state index contributed by atoms with van der Waals surface area (Å²) >= 11 is 0. The number of nitrogens with zero attached hydrogens (tertiary/aromatic N) is 2. The van der Waals surface area contributed by atoms with Crippen LogP contribution in [0.25, 0.3) is 5.69 Å². The van der Waals surface area contributed by atoms with E-state index in [0.29, 0.717) is 0 Å². The Morgan fingerprint density at radius 1 is 1.20 bits per heavy atom. The van der Waals surface area contributed by atoms with E-state index in [1.165, 1.54) is 17.1 Å². The fraction of sp³-hybridized carbons (Fsp3) is 0.308. The standard InChI is InChI=1S/C12H15N2.CH4O4S/c1-10-9-11(2)14(13(10)3)12-7-5-4-6-8-12;1-5-6(2,3)4/h4-9H,1-3H3;1H3,(H,2,3,4)/q+1;/p-1. The van der Waals surface area contributed by atoms with Crippen molar-refractivity contribution in [3.8, 4) is 5.69 Å². The fourth-order valence-corrected chi connectivity index (χ4v) is 1.80. The average Bonchev–Trinajstić information content (AvgIpc) is 2.64. The molecule has 0 radical (unpaired) electrons. The van der Waals surface area contributed by atoms with Crippen molar-refractivity contribution in [1.82, 2.24) is 4.68 Å². The molecule has 0 bridgehead atoms. The summed E-state index contributed by atoms with van der Waals surface area (Å²) in [4.78, 5) is 0. The molecule has 2 rings (SSSR count). The van der Waals surface area contributed by atoms with Crippen LogP contribution in [-0.4, -0.2) is 24.8 Å². The minimum Gasteiger partial charge on any atom is -0.726 e. The quantitative estimate of drug-likeness (QED) is 0.471. The van der Waals surface area contributed by atoms with Crippen LogP contribution in [0.5, 0.6) is 0 Å². The number of hydrogen-bond acceptors (Lipinski definition) is 4. The van der Waals surface area contributed by atoms with Crippen molar-refractivity contribution in [1.29, 1.82) is 0 Å². The van der Waals surface area contributed by atoms with Crippen molar-refractivity contribution < 1.29 is 21.8 Å². The van der Waals surface area contributed by atoms with E-state index in [1.54, 1.807) is 0 Å². The number of aryl methyl sites for hydroxylation is 2. The molecule has 0 spiro atoms. The monoisotopic (exact) mass is 298 g/mol. The molecular formula is C13H18N2O4S. The van der Waals surface area contributed by atoms with Crippen LogP contribution in [-0.2, 0) is 21.6 Å². The van der Waals surface area contributed by atoms with Gasteiger partial charge in [-0.05, 0) is 19.1 Å². The molecule has 0 fully saturated rings. The average molecular weight is 298 g/mol. The second-order valence-corrected chi connectivity index (χ2v) is 5.32. The van der Waals surface area contributed by atoms with Gasteiger partial charge >= 0.3 is 0 Å². The highest BCUT2D eigenvalue weighted by atomic mass is 32.3. The van der Waals surface area contributed by atoms with E-state index >= 15 is 0 Å². The topological polar surface area (TPSA) is 75.2 Å². The van der Waals surface area contributed by atoms with Gasteiger partial charge in [-0.15, -0.1) is 9.36 Å². The maximum Gasteiger partial charge on any atom is 0.217 e. The Hall–Kier alpha value is -1.70. The molecule has 0 atom stereocenters. The number of rotatable bonds is 2. The summed E-state index contributed by atoms with van der Waals surface area (Å²) < 4.78 is 35.4. The highest BCUT2D eigenvalue weighted by molar-refractivity contribution is 7.80. The summed E-state index contributed by atoms with van der Waals surface area (Å²) in [7, 11) is -1.53. The molecule has 0 unspecified atom stereocenters. The SMILES string of the molecule is COS(=O)(=O)[O-].Cc1cc(C)[n+](C)n1-c1ccccc1. The molecule has 0 aliphatic carbocycles. The van der Waals surface area contributed by atoms with Crippen molar-refractivity contribution >= 4 is 10.4 Å². The Morgan fingerprint density at radius 3 is 2.05 bits per heavy atom. The number of aromatic nitrogens is 2. The van der Waals surface area contributed by atoms with Gasteiger partial charge in [0.2, 0.25) is 16.1 Å². The Balaban J connectivity index is 0.000000286. The minimum absolute atomic E-state index is 0.808. The van der Waals surface area contributed by atoms with Crippen LogP contribution in [0.4, 0.5) is 0 Å². The summed E-state index contributed by atoms with van der Waals surface area (Å²) in [5, 5.41) is 0. The zero-order chi connectivity index (χ0) is 15.3. The first-order valence-corrected chi connectivity index (χ1v) is 7.21. The van der Waals surface area contributed by atoms with Gasteiger partial charge < -0.3 is 4.55 Å². The van der Waals surface area contributed by atoms with Gasteiger partial charge in [-0.2, -0.15) is 0 Å². The van der Waals surface area contributed by atoms with Gasteiger partial charge in [-0.3, -0.25) is 4.18 Å². The lowest BCUT2D eigenvalue weighted by atomic mass is 10.3. The second kappa shape index (κ2) is 6.65. The minimum atomic E-state index is -4.41. The summed E-state index contributed by atoms with van der Waals surface area (Å²) in [5.41, 5.74) is 3.74. The predicted molar refractivity (Wildman–Crippen MR) is 73.1 cm³/mol. The summed E-state index contributed by atoms with van der Waals surface area (Å²) in [6, 6.07) is 12.6. The molecule has 1 aromatic heterocycles.